The third-order valence-corrected chi connectivity index (χ3v) is 1.76. The maximum absolute atomic E-state index is 10.7. The van der Waals surface area contributed by atoms with Crippen LogP contribution < -0.4 is 11.5 Å². The Morgan fingerprint density at radius 3 is 2.58 bits per heavy atom. The Hall–Kier alpha value is -0.870. The summed E-state index contributed by atoms with van der Waals surface area (Å²) in [5.41, 5.74) is 9.69. The number of nitrogens with two attached hydrogens (primary N) is 2. The minimum absolute atomic E-state index is 0.280. The SMILES string of the molecule is C=CCC(N)(CCCN)C(=O)O. The fourth-order valence-electron chi connectivity index (χ4n) is 0.971. The quantitative estimate of drug-likeness (QED) is 0.495. The minimum atomic E-state index is -1.18. The smallest absolute Gasteiger partial charge is 0.323 e. The standard InChI is InChI=1S/C8H16N2O2/c1-2-4-8(10,7(11)12)5-3-6-9/h2H,1,3-6,9-10H2,(H,11,12). The molecule has 4 nitrogen and oxygen atoms in total. The van der Waals surface area contributed by atoms with E-state index >= 15 is 0 Å². The van der Waals surface area contributed by atoms with E-state index in [1.54, 1.807) is 0 Å². The summed E-state index contributed by atoms with van der Waals surface area (Å²) in [6, 6.07) is 0. The molecule has 1 unspecified atom stereocenters. The number of carboxylic acid groups (broad SMARTS) is 1. The van der Waals surface area contributed by atoms with Crippen LogP contribution in [0.3, 0.4) is 0 Å². The van der Waals surface area contributed by atoms with Gasteiger partial charge in [0.2, 0.25) is 0 Å². The van der Waals surface area contributed by atoms with Crippen molar-refractivity contribution >= 4 is 5.97 Å². The van der Waals surface area contributed by atoms with Crippen LogP contribution in [0, 0.1) is 0 Å². The molecular formula is C8H16N2O2. The highest BCUT2D eigenvalue weighted by atomic mass is 16.4. The van der Waals surface area contributed by atoms with Crippen molar-refractivity contribution in [2.75, 3.05) is 6.54 Å². The summed E-state index contributed by atoms with van der Waals surface area (Å²) in [7, 11) is 0. The van der Waals surface area contributed by atoms with E-state index < -0.39 is 11.5 Å². The first kappa shape index (κ1) is 11.1. The molecule has 12 heavy (non-hydrogen) atoms. The van der Waals surface area contributed by atoms with Crippen LogP contribution in [0.4, 0.5) is 0 Å². The molecule has 0 aliphatic rings. The molecule has 70 valence electrons. The highest BCUT2D eigenvalue weighted by molar-refractivity contribution is 5.78. The number of aliphatic carboxylic acids is 1. The van der Waals surface area contributed by atoms with Gasteiger partial charge in [0.25, 0.3) is 0 Å². The summed E-state index contributed by atoms with van der Waals surface area (Å²) in [5, 5.41) is 8.78. The third-order valence-electron chi connectivity index (χ3n) is 1.76. The largest absolute Gasteiger partial charge is 0.480 e. The fraction of sp³-hybridized carbons (Fsp3) is 0.625. The summed E-state index contributed by atoms with van der Waals surface area (Å²) >= 11 is 0. The Balaban J connectivity index is 4.17. The second-order valence-electron chi connectivity index (χ2n) is 2.85. The molecule has 0 amide bonds. The van der Waals surface area contributed by atoms with E-state index in [0.717, 1.165) is 0 Å². The van der Waals surface area contributed by atoms with Gasteiger partial charge in [-0.15, -0.1) is 6.58 Å². The van der Waals surface area contributed by atoms with Crippen molar-refractivity contribution in [1.29, 1.82) is 0 Å². The van der Waals surface area contributed by atoms with Gasteiger partial charge in [0.1, 0.15) is 5.54 Å². The van der Waals surface area contributed by atoms with Gasteiger partial charge in [0.15, 0.2) is 0 Å². The maximum atomic E-state index is 10.7. The van der Waals surface area contributed by atoms with E-state index in [4.69, 9.17) is 16.6 Å². The average Bonchev–Trinajstić information content (AvgIpc) is 2.01. The van der Waals surface area contributed by atoms with Gasteiger partial charge in [-0.1, -0.05) is 6.08 Å². The number of rotatable bonds is 6. The fourth-order valence-corrected chi connectivity index (χ4v) is 0.971. The second-order valence-corrected chi connectivity index (χ2v) is 2.85. The molecule has 0 aliphatic carbocycles. The number of hydrogen-bond donors (Lipinski definition) is 3. The summed E-state index contributed by atoms with van der Waals surface area (Å²) in [4.78, 5) is 10.7. The molecule has 0 saturated carbocycles. The van der Waals surface area contributed by atoms with Crippen LogP contribution in [0.25, 0.3) is 0 Å². The Morgan fingerprint density at radius 1 is 1.67 bits per heavy atom. The molecule has 0 heterocycles. The second kappa shape index (κ2) is 4.90. The van der Waals surface area contributed by atoms with Crippen molar-refractivity contribution in [3.8, 4) is 0 Å². The van der Waals surface area contributed by atoms with Crippen molar-refractivity contribution in [2.45, 2.75) is 24.8 Å². The molecule has 0 bridgehead atoms. The Kier molecular flexibility index (Phi) is 4.54. The lowest BCUT2D eigenvalue weighted by Gasteiger charge is -2.22. The van der Waals surface area contributed by atoms with Gasteiger partial charge in [-0.05, 0) is 25.8 Å². The van der Waals surface area contributed by atoms with E-state index in [0.29, 0.717) is 19.4 Å². The Labute approximate surface area is 72.2 Å². The van der Waals surface area contributed by atoms with Crippen LogP contribution in [0.2, 0.25) is 0 Å². The molecule has 0 saturated heterocycles. The van der Waals surface area contributed by atoms with E-state index in [1.165, 1.54) is 6.08 Å². The monoisotopic (exact) mass is 172 g/mol. The van der Waals surface area contributed by atoms with E-state index in [1.807, 2.05) is 0 Å². The van der Waals surface area contributed by atoms with Gasteiger partial charge in [-0.2, -0.15) is 0 Å². The molecule has 0 aromatic rings. The molecule has 0 aromatic heterocycles. The predicted molar refractivity (Wildman–Crippen MR) is 47.7 cm³/mol. The van der Waals surface area contributed by atoms with Crippen molar-refractivity contribution in [2.24, 2.45) is 11.5 Å². The summed E-state index contributed by atoms with van der Waals surface area (Å²) in [5.74, 6) is -0.990. The third kappa shape index (κ3) is 3.02. The lowest BCUT2D eigenvalue weighted by Crippen LogP contribution is -2.47. The van der Waals surface area contributed by atoms with Crippen LogP contribution in [0.15, 0.2) is 12.7 Å². The van der Waals surface area contributed by atoms with Crippen LogP contribution in [-0.2, 0) is 4.79 Å². The zero-order valence-electron chi connectivity index (χ0n) is 7.12. The van der Waals surface area contributed by atoms with Gasteiger partial charge >= 0.3 is 5.97 Å². The Morgan fingerprint density at radius 2 is 2.25 bits per heavy atom. The van der Waals surface area contributed by atoms with Gasteiger partial charge in [0, 0.05) is 0 Å². The number of carbonyl (C=O) groups is 1. The van der Waals surface area contributed by atoms with Gasteiger partial charge in [-0.3, -0.25) is 4.79 Å². The van der Waals surface area contributed by atoms with Crippen LogP contribution in [0.1, 0.15) is 19.3 Å². The summed E-state index contributed by atoms with van der Waals surface area (Å²) in [6.07, 6.45) is 2.81. The van der Waals surface area contributed by atoms with Crippen molar-refractivity contribution in [3.63, 3.8) is 0 Å². The molecule has 4 heteroatoms. The average molecular weight is 172 g/mol. The molecular weight excluding hydrogens is 156 g/mol. The van der Waals surface area contributed by atoms with Crippen LogP contribution >= 0.6 is 0 Å². The summed E-state index contributed by atoms with van der Waals surface area (Å²) < 4.78 is 0. The van der Waals surface area contributed by atoms with E-state index in [2.05, 4.69) is 6.58 Å². The van der Waals surface area contributed by atoms with E-state index in [9.17, 15) is 4.79 Å². The highest BCUT2D eigenvalue weighted by Gasteiger charge is 2.31. The molecule has 0 fully saturated rings. The maximum Gasteiger partial charge on any atom is 0.323 e. The molecule has 0 radical (unpaired) electrons. The zero-order valence-corrected chi connectivity index (χ0v) is 7.12. The van der Waals surface area contributed by atoms with Crippen molar-refractivity contribution < 1.29 is 9.90 Å². The molecule has 0 aromatic carbocycles. The normalized spacial score (nSPS) is 15.2. The van der Waals surface area contributed by atoms with Gasteiger partial charge in [-0.25, -0.2) is 0 Å². The highest BCUT2D eigenvalue weighted by Crippen LogP contribution is 2.14. The van der Waals surface area contributed by atoms with Gasteiger partial charge in [0.05, 0.1) is 0 Å². The molecule has 0 aliphatic heterocycles. The first-order valence-electron chi connectivity index (χ1n) is 3.90. The predicted octanol–water partition coefficient (Wildman–Crippen LogP) is 0.0835. The van der Waals surface area contributed by atoms with E-state index in [-0.39, 0.29) is 6.42 Å². The summed E-state index contributed by atoms with van der Waals surface area (Å²) in [6.45, 7) is 3.92. The zero-order chi connectivity index (χ0) is 9.61. The lowest BCUT2D eigenvalue weighted by molar-refractivity contribution is -0.143. The molecule has 1 atom stereocenters. The molecule has 0 rings (SSSR count). The number of carboxylic acids is 1. The van der Waals surface area contributed by atoms with Crippen LogP contribution in [-0.4, -0.2) is 23.2 Å². The first-order valence-corrected chi connectivity index (χ1v) is 3.90. The topological polar surface area (TPSA) is 89.3 Å². The molecule has 5 N–H and O–H groups in total. The van der Waals surface area contributed by atoms with Crippen LogP contribution in [0.5, 0.6) is 0 Å². The van der Waals surface area contributed by atoms with Crippen molar-refractivity contribution in [3.05, 3.63) is 12.7 Å². The van der Waals surface area contributed by atoms with Crippen molar-refractivity contribution in [1.82, 2.24) is 0 Å². The minimum Gasteiger partial charge on any atom is -0.480 e. The first-order chi connectivity index (χ1) is 5.56. The van der Waals surface area contributed by atoms with Gasteiger partial charge < -0.3 is 16.6 Å². The Bertz CT molecular complexity index is 170. The lowest BCUT2D eigenvalue weighted by atomic mass is 9.91. The number of hydrogen-bond acceptors (Lipinski definition) is 3. The molecule has 0 spiro atoms.